The average molecular weight is 368 g/mol. The Kier molecular flexibility index (Phi) is 5.45. The number of nitrogens with zero attached hydrogens (tertiary/aromatic N) is 4. The van der Waals surface area contributed by atoms with Crippen molar-refractivity contribution in [3.63, 3.8) is 0 Å². The van der Waals surface area contributed by atoms with Gasteiger partial charge in [-0.3, -0.25) is 4.90 Å². The first kappa shape index (κ1) is 18.0. The van der Waals surface area contributed by atoms with E-state index in [1.54, 1.807) is 0 Å². The molecule has 1 saturated heterocycles. The van der Waals surface area contributed by atoms with E-state index in [9.17, 15) is 12.8 Å². The lowest BCUT2D eigenvalue weighted by Crippen LogP contribution is -2.48. The number of hydrogen-bond donors (Lipinski definition) is 0. The zero-order chi connectivity index (χ0) is 17.9. The molecule has 3 rings (SSSR count). The number of halogens is 1. The van der Waals surface area contributed by atoms with Crippen LogP contribution < -0.4 is 0 Å². The second-order valence-electron chi connectivity index (χ2n) is 5.99. The molecule has 7 nitrogen and oxygen atoms in total. The van der Waals surface area contributed by atoms with Crippen LogP contribution in [0, 0.1) is 5.82 Å². The van der Waals surface area contributed by atoms with Gasteiger partial charge in [0, 0.05) is 32.6 Å². The van der Waals surface area contributed by atoms with Gasteiger partial charge in [0.2, 0.25) is 15.9 Å². The van der Waals surface area contributed by atoms with Crippen molar-refractivity contribution in [1.29, 1.82) is 0 Å². The van der Waals surface area contributed by atoms with Gasteiger partial charge in [0.25, 0.3) is 0 Å². The molecule has 1 aliphatic heterocycles. The molecule has 1 aromatic carbocycles. The molecule has 0 aliphatic carbocycles. The minimum absolute atomic E-state index is 0.0120. The summed E-state index contributed by atoms with van der Waals surface area (Å²) in [5, 5.41) is 3.92. The average Bonchev–Trinajstić information content (AvgIpc) is 3.03. The summed E-state index contributed by atoms with van der Waals surface area (Å²) >= 11 is 0. The fourth-order valence-electron chi connectivity index (χ4n) is 2.78. The largest absolute Gasteiger partial charge is 0.338 e. The van der Waals surface area contributed by atoms with Crippen molar-refractivity contribution in [2.75, 3.05) is 26.2 Å². The lowest BCUT2D eigenvalue weighted by atomic mass is 10.3. The molecule has 0 radical (unpaired) electrons. The van der Waals surface area contributed by atoms with Crippen LogP contribution in [0.4, 0.5) is 4.39 Å². The summed E-state index contributed by atoms with van der Waals surface area (Å²) in [4.78, 5) is 6.38. The zero-order valence-electron chi connectivity index (χ0n) is 14.1. The molecule has 9 heteroatoms. The molecule has 1 fully saturated rings. The number of benzene rings is 1. The first-order chi connectivity index (χ1) is 12.0. The van der Waals surface area contributed by atoms with Crippen molar-refractivity contribution >= 4 is 10.0 Å². The van der Waals surface area contributed by atoms with Gasteiger partial charge in [-0.2, -0.15) is 9.29 Å². The van der Waals surface area contributed by atoms with Crippen LogP contribution in [0.5, 0.6) is 0 Å². The maximum atomic E-state index is 13.3. The Labute approximate surface area is 146 Å². The summed E-state index contributed by atoms with van der Waals surface area (Å²) in [6.45, 7) is 4.35. The fraction of sp³-hybridized carbons (Fsp3) is 0.500. The van der Waals surface area contributed by atoms with Crippen LogP contribution in [0.2, 0.25) is 0 Å². The van der Waals surface area contributed by atoms with Crippen LogP contribution in [0.1, 0.15) is 25.1 Å². The van der Waals surface area contributed by atoms with E-state index >= 15 is 0 Å². The predicted molar refractivity (Wildman–Crippen MR) is 88.7 cm³/mol. The normalized spacial score (nSPS) is 17.0. The standard InChI is InChI=1S/C16H21FN4O3S/c1-2-4-15-18-16(24-19-15)12-20-7-9-21(10-8-20)25(22,23)14-6-3-5-13(17)11-14/h3,5-6,11H,2,4,7-10,12H2,1H3. The second-order valence-corrected chi connectivity index (χ2v) is 7.93. The van der Waals surface area contributed by atoms with Gasteiger partial charge < -0.3 is 4.52 Å². The first-order valence-corrected chi connectivity index (χ1v) is 9.72. The Hall–Kier alpha value is -1.84. The maximum Gasteiger partial charge on any atom is 0.243 e. The highest BCUT2D eigenvalue weighted by Gasteiger charge is 2.29. The van der Waals surface area contributed by atoms with Gasteiger partial charge in [-0.25, -0.2) is 12.8 Å². The Morgan fingerprint density at radius 3 is 2.68 bits per heavy atom. The molecule has 1 aromatic heterocycles. The smallest absolute Gasteiger partial charge is 0.243 e. The predicted octanol–water partition coefficient (Wildman–Crippen LogP) is 1.67. The van der Waals surface area contributed by atoms with Gasteiger partial charge in [0.15, 0.2) is 5.82 Å². The first-order valence-electron chi connectivity index (χ1n) is 8.28. The molecule has 0 N–H and O–H groups in total. The number of rotatable bonds is 6. The highest BCUT2D eigenvalue weighted by Crippen LogP contribution is 2.19. The molecule has 0 saturated carbocycles. The van der Waals surface area contributed by atoms with Gasteiger partial charge in [-0.1, -0.05) is 18.1 Å². The summed E-state index contributed by atoms with van der Waals surface area (Å²) in [5.41, 5.74) is 0. The molecule has 0 atom stereocenters. The lowest BCUT2D eigenvalue weighted by molar-refractivity contribution is 0.163. The molecule has 136 valence electrons. The van der Waals surface area contributed by atoms with Crippen LogP contribution in [-0.4, -0.2) is 53.9 Å². The van der Waals surface area contributed by atoms with Crippen molar-refractivity contribution in [3.8, 4) is 0 Å². The van der Waals surface area contributed by atoms with Crippen LogP contribution in [-0.2, 0) is 23.0 Å². The van der Waals surface area contributed by atoms with Gasteiger partial charge in [-0.15, -0.1) is 0 Å². The van der Waals surface area contributed by atoms with E-state index < -0.39 is 15.8 Å². The summed E-state index contributed by atoms with van der Waals surface area (Å²) in [7, 11) is -3.67. The number of piperazine rings is 1. The highest BCUT2D eigenvalue weighted by molar-refractivity contribution is 7.89. The summed E-state index contributed by atoms with van der Waals surface area (Å²) < 4.78 is 45.1. The van der Waals surface area contributed by atoms with Crippen molar-refractivity contribution in [2.24, 2.45) is 0 Å². The molecule has 0 amide bonds. The number of aryl methyl sites for hydroxylation is 1. The molecule has 2 heterocycles. The van der Waals surface area contributed by atoms with Crippen LogP contribution in [0.3, 0.4) is 0 Å². The van der Waals surface area contributed by atoms with Crippen LogP contribution in [0.15, 0.2) is 33.7 Å². The van der Waals surface area contributed by atoms with E-state index in [0.717, 1.165) is 18.9 Å². The minimum Gasteiger partial charge on any atom is -0.338 e. The summed E-state index contributed by atoms with van der Waals surface area (Å²) in [6, 6.07) is 5.10. The Morgan fingerprint density at radius 2 is 2.00 bits per heavy atom. The third kappa shape index (κ3) is 4.23. The van der Waals surface area contributed by atoms with E-state index in [1.807, 2.05) is 6.92 Å². The topological polar surface area (TPSA) is 79.5 Å². The highest BCUT2D eigenvalue weighted by atomic mass is 32.2. The van der Waals surface area contributed by atoms with E-state index in [4.69, 9.17) is 4.52 Å². The summed E-state index contributed by atoms with van der Waals surface area (Å²) in [6.07, 6.45) is 1.73. The minimum atomic E-state index is -3.67. The van der Waals surface area contributed by atoms with Gasteiger partial charge in [-0.05, 0) is 24.6 Å². The number of aromatic nitrogens is 2. The molecule has 0 bridgehead atoms. The maximum absolute atomic E-state index is 13.3. The molecule has 2 aromatic rings. The quantitative estimate of drug-likeness (QED) is 0.772. The zero-order valence-corrected chi connectivity index (χ0v) is 14.9. The Balaban J connectivity index is 1.59. The van der Waals surface area contributed by atoms with E-state index in [-0.39, 0.29) is 4.90 Å². The lowest BCUT2D eigenvalue weighted by Gasteiger charge is -2.33. The van der Waals surface area contributed by atoms with Gasteiger partial charge in [0.05, 0.1) is 11.4 Å². The van der Waals surface area contributed by atoms with Gasteiger partial charge >= 0.3 is 0 Å². The summed E-state index contributed by atoms with van der Waals surface area (Å²) in [5.74, 6) is 0.689. The number of sulfonamides is 1. The van der Waals surface area contributed by atoms with Crippen molar-refractivity contribution < 1.29 is 17.3 Å². The molecular formula is C16H21FN4O3S. The monoisotopic (exact) mass is 368 g/mol. The molecule has 1 aliphatic rings. The third-order valence-electron chi connectivity index (χ3n) is 4.11. The molecular weight excluding hydrogens is 347 g/mol. The van der Waals surface area contributed by atoms with Gasteiger partial charge in [0.1, 0.15) is 5.82 Å². The fourth-order valence-corrected chi connectivity index (χ4v) is 4.23. The number of hydrogen-bond acceptors (Lipinski definition) is 6. The Bertz CT molecular complexity index is 816. The van der Waals surface area contributed by atoms with Crippen LogP contribution in [0.25, 0.3) is 0 Å². The van der Waals surface area contributed by atoms with Crippen molar-refractivity contribution in [1.82, 2.24) is 19.3 Å². The second kappa shape index (κ2) is 7.59. The van der Waals surface area contributed by atoms with E-state index in [2.05, 4.69) is 15.0 Å². The van der Waals surface area contributed by atoms with Crippen molar-refractivity contribution in [2.45, 2.75) is 31.2 Å². The Morgan fingerprint density at radius 1 is 1.24 bits per heavy atom. The molecule has 0 spiro atoms. The van der Waals surface area contributed by atoms with E-state index in [1.165, 1.54) is 22.5 Å². The molecule has 25 heavy (non-hydrogen) atoms. The SMILES string of the molecule is CCCc1noc(CN2CCN(S(=O)(=O)c3cccc(F)c3)CC2)n1. The molecule has 0 unspecified atom stereocenters. The van der Waals surface area contributed by atoms with Crippen molar-refractivity contribution in [3.05, 3.63) is 41.8 Å². The third-order valence-corrected chi connectivity index (χ3v) is 6.00. The van der Waals surface area contributed by atoms with Crippen LogP contribution >= 0.6 is 0 Å². The van der Waals surface area contributed by atoms with E-state index in [0.29, 0.717) is 44.4 Å².